The number of nitrogens with zero attached hydrogens (tertiary/aromatic N) is 1. The van der Waals surface area contributed by atoms with Gasteiger partial charge < -0.3 is 9.84 Å². The number of rotatable bonds is 7. The second-order valence-electron chi connectivity index (χ2n) is 8.48. The van der Waals surface area contributed by atoms with E-state index in [1.807, 2.05) is 24.3 Å². The number of phenols is 1. The van der Waals surface area contributed by atoms with Crippen LogP contribution in [0, 0.1) is 0 Å². The number of ether oxygens (including phenoxy) is 1. The fourth-order valence-corrected chi connectivity index (χ4v) is 7.39. The SMILES string of the molecule is O=S(=O)(Nc1cc(Sc2nc3ccccc3s2)c(O)c2ccccc12)c1ccc(Oc2ccccc2Cl)cc1. The number of para-hydroxylation sites is 2. The minimum atomic E-state index is -3.96. The lowest BCUT2D eigenvalue weighted by Crippen LogP contribution is -2.13. The predicted octanol–water partition coefficient (Wildman–Crippen LogP) is 8.55. The van der Waals surface area contributed by atoms with Crippen LogP contribution in [0.15, 0.2) is 117 Å². The van der Waals surface area contributed by atoms with Gasteiger partial charge in [-0.2, -0.15) is 0 Å². The Labute approximate surface area is 237 Å². The summed E-state index contributed by atoms with van der Waals surface area (Å²) in [7, 11) is -3.96. The first-order chi connectivity index (χ1) is 18.9. The molecule has 0 spiro atoms. The van der Waals surface area contributed by atoms with Crippen LogP contribution in [0.4, 0.5) is 5.69 Å². The molecule has 0 unspecified atom stereocenters. The number of aromatic nitrogens is 1. The molecule has 0 aliphatic carbocycles. The molecule has 6 rings (SSSR count). The van der Waals surface area contributed by atoms with Crippen LogP contribution >= 0.6 is 34.7 Å². The number of benzene rings is 5. The fraction of sp³-hybridized carbons (Fsp3) is 0. The van der Waals surface area contributed by atoms with Crippen LogP contribution < -0.4 is 9.46 Å². The van der Waals surface area contributed by atoms with Crippen LogP contribution in [0.2, 0.25) is 5.02 Å². The lowest BCUT2D eigenvalue weighted by atomic mass is 10.1. The highest BCUT2D eigenvalue weighted by Gasteiger charge is 2.20. The van der Waals surface area contributed by atoms with Gasteiger partial charge in [-0.3, -0.25) is 4.72 Å². The van der Waals surface area contributed by atoms with Gasteiger partial charge in [-0.25, -0.2) is 13.4 Å². The Kier molecular flexibility index (Phi) is 6.82. The largest absolute Gasteiger partial charge is 0.506 e. The molecule has 6 nitrogen and oxygen atoms in total. The molecule has 0 fully saturated rings. The zero-order valence-electron chi connectivity index (χ0n) is 20.0. The van der Waals surface area contributed by atoms with Gasteiger partial charge in [-0.1, -0.05) is 71.9 Å². The van der Waals surface area contributed by atoms with Crippen LogP contribution in [0.5, 0.6) is 17.2 Å². The van der Waals surface area contributed by atoms with Gasteiger partial charge in [0.05, 0.1) is 30.7 Å². The lowest BCUT2D eigenvalue weighted by Gasteiger charge is -2.15. The number of thiazole rings is 1. The smallest absolute Gasteiger partial charge is 0.261 e. The first kappa shape index (κ1) is 25.5. The number of phenolic OH excluding ortho intramolecular Hbond substituents is 1. The van der Waals surface area contributed by atoms with Gasteiger partial charge in [0.1, 0.15) is 17.2 Å². The molecule has 0 radical (unpaired) electrons. The van der Waals surface area contributed by atoms with Crippen LogP contribution in [0.1, 0.15) is 0 Å². The van der Waals surface area contributed by atoms with E-state index >= 15 is 0 Å². The highest BCUT2D eigenvalue weighted by atomic mass is 35.5. The van der Waals surface area contributed by atoms with Gasteiger partial charge in [0, 0.05) is 10.8 Å². The van der Waals surface area contributed by atoms with E-state index in [0.717, 1.165) is 14.6 Å². The van der Waals surface area contributed by atoms with Gasteiger partial charge in [0.2, 0.25) is 0 Å². The second-order valence-corrected chi connectivity index (χ2v) is 12.9. The van der Waals surface area contributed by atoms with Crippen molar-refractivity contribution in [1.82, 2.24) is 4.98 Å². The average Bonchev–Trinajstić information content (AvgIpc) is 3.35. The average molecular weight is 591 g/mol. The molecule has 0 bridgehead atoms. The Morgan fingerprint density at radius 3 is 2.33 bits per heavy atom. The molecule has 194 valence electrons. The zero-order chi connectivity index (χ0) is 27.0. The molecule has 0 aliphatic rings. The molecule has 6 aromatic rings. The summed E-state index contributed by atoms with van der Waals surface area (Å²) in [6.45, 7) is 0. The fourth-order valence-electron chi connectivity index (χ4n) is 4.03. The van der Waals surface area contributed by atoms with Crippen molar-refractivity contribution in [3.05, 3.63) is 108 Å². The standard InChI is InChI=1S/C29H19ClN2O4S3/c30-22-9-3-5-11-25(22)36-18-13-15-19(16-14-18)39(34,35)32-24-17-27(28(33)21-8-2-1-7-20(21)24)38-29-31-23-10-4-6-12-26(23)37-29/h1-17,32-33H. The number of fused-ring (bicyclic) bond motifs is 2. The highest BCUT2D eigenvalue weighted by Crippen LogP contribution is 2.44. The van der Waals surface area contributed by atoms with Gasteiger partial charge in [0.15, 0.2) is 4.34 Å². The number of hydrogen-bond donors (Lipinski definition) is 2. The molecule has 1 aromatic heterocycles. The topological polar surface area (TPSA) is 88.5 Å². The van der Waals surface area contributed by atoms with E-state index in [-0.39, 0.29) is 10.6 Å². The Hall–Kier alpha value is -3.76. The maximum atomic E-state index is 13.4. The summed E-state index contributed by atoms with van der Waals surface area (Å²) in [6, 6.07) is 29.7. The lowest BCUT2D eigenvalue weighted by molar-refractivity contribution is 0.469. The molecule has 39 heavy (non-hydrogen) atoms. The number of hydrogen-bond acceptors (Lipinski definition) is 7. The zero-order valence-corrected chi connectivity index (χ0v) is 23.2. The predicted molar refractivity (Wildman–Crippen MR) is 158 cm³/mol. The van der Waals surface area contributed by atoms with Crippen LogP contribution in [0.3, 0.4) is 0 Å². The van der Waals surface area contributed by atoms with Crippen molar-refractivity contribution in [1.29, 1.82) is 0 Å². The van der Waals surface area contributed by atoms with Crippen molar-refractivity contribution < 1.29 is 18.3 Å². The highest BCUT2D eigenvalue weighted by molar-refractivity contribution is 8.01. The molecule has 2 N–H and O–H groups in total. The first-order valence-electron chi connectivity index (χ1n) is 11.7. The van der Waals surface area contributed by atoms with Crippen molar-refractivity contribution in [2.45, 2.75) is 14.1 Å². The van der Waals surface area contributed by atoms with E-state index in [1.165, 1.54) is 35.2 Å². The minimum Gasteiger partial charge on any atom is -0.506 e. The molecular weight excluding hydrogens is 572 g/mol. The number of sulfonamides is 1. The number of anilines is 1. The Balaban J connectivity index is 1.32. The number of aromatic hydroxyl groups is 1. The summed E-state index contributed by atoms with van der Waals surface area (Å²) in [5, 5.41) is 12.6. The van der Waals surface area contributed by atoms with Gasteiger partial charge in [-0.15, -0.1) is 11.3 Å². The van der Waals surface area contributed by atoms with E-state index in [0.29, 0.717) is 37.9 Å². The molecule has 1 heterocycles. The summed E-state index contributed by atoms with van der Waals surface area (Å²) in [4.78, 5) is 5.19. The van der Waals surface area contributed by atoms with Crippen LogP contribution in [-0.2, 0) is 10.0 Å². The van der Waals surface area contributed by atoms with Crippen molar-refractivity contribution in [2.75, 3.05) is 4.72 Å². The monoisotopic (exact) mass is 590 g/mol. The summed E-state index contributed by atoms with van der Waals surface area (Å²) >= 11 is 8.95. The first-order valence-corrected chi connectivity index (χ1v) is 15.2. The Morgan fingerprint density at radius 2 is 1.56 bits per heavy atom. The summed E-state index contributed by atoms with van der Waals surface area (Å²) < 4.78 is 37.0. The molecule has 0 saturated heterocycles. The van der Waals surface area contributed by atoms with Gasteiger partial charge in [0.25, 0.3) is 10.0 Å². The van der Waals surface area contributed by atoms with E-state index < -0.39 is 10.0 Å². The van der Waals surface area contributed by atoms with Gasteiger partial charge >= 0.3 is 0 Å². The normalized spacial score (nSPS) is 11.6. The molecule has 10 heteroatoms. The van der Waals surface area contributed by atoms with E-state index in [1.54, 1.807) is 66.7 Å². The quantitative estimate of drug-likeness (QED) is 0.181. The molecule has 5 aromatic carbocycles. The maximum absolute atomic E-state index is 13.4. The van der Waals surface area contributed by atoms with Crippen molar-refractivity contribution >= 4 is 71.4 Å². The Morgan fingerprint density at radius 1 is 0.872 bits per heavy atom. The van der Waals surface area contributed by atoms with Crippen LogP contribution in [-0.4, -0.2) is 18.5 Å². The maximum Gasteiger partial charge on any atom is 0.261 e. The third-order valence-electron chi connectivity index (χ3n) is 5.90. The molecule has 0 atom stereocenters. The third-order valence-corrected chi connectivity index (χ3v) is 9.72. The van der Waals surface area contributed by atoms with Crippen molar-refractivity contribution in [3.8, 4) is 17.2 Å². The van der Waals surface area contributed by atoms with E-state index in [2.05, 4.69) is 9.71 Å². The van der Waals surface area contributed by atoms with Gasteiger partial charge in [-0.05, 0) is 54.6 Å². The van der Waals surface area contributed by atoms with Crippen LogP contribution in [0.25, 0.3) is 21.0 Å². The molecule has 0 saturated carbocycles. The summed E-state index contributed by atoms with van der Waals surface area (Å²) in [5.41, 5.74) is 1.22. The summed E-state index contributed by atoms with van der Waals surface area (Å²) in [5.74, 6) is 0.993. The van der Waals surface area contributed by atoms with Crippen molar-refractivity contribution in [3.63, 3.8) is 0 Å². The molecular formula is C29H19ClN2O4S3. The van der Waals surface area contributed by atoms with Crippen molar-refractivity contribution in [2.24, 2.45) is 0 Å². The van der Waals surface area contributed by atoms with E-state index in [9.17, 15) is 13.5 Å². The number of nitrogens with one attached hydrogen (secondary N) is 1. The molecule has 0 aliphatic heterocycles. The minimum absolute atomic E-state index is 0.0616. The second kappa shape index (κ2) is 10.4. The van der Waals surface area contributed by atoms with E-state index in [4.69, 9.17) is 16.3 Å². The molecule has 0 amide bonds. The third kappa shape index (κ3) is 5.26. The Bertz CT molecular complexity index is 1910. The summed E-state index contributed by atoms with van der Waals surface area (Å²) in [6.07, 6.45) is 0. The number of halogens is 1.